The Hall–Kier alpha value is -1.24. The number of benzene rings is 1. The Morgan fingerprint density at radius 1 is 1.16 bits per heavy atom. The van der Waals surface area contributed by atoms with Crippen LogP contribution in [0.4, 0.5) is 8.78 Å². The molecule has 0 saturated carbocycles. The van der Waals surface area contributed by atoms with Crippen LogP contribution in [-0.2, 0) is 11.3 Å². The molecule has 0 radical (unpaired) electrons. The zero-order valence-corrected chi connectivity index (χ0v) is 10.6. The molecule has 6 heteroatoms. The summed E-state index contributed by atoms with van der Waals surface area (Å²) in [6, 6.07) is 6.53. The summed E-state index contributed by atoms with van der Waals surface area (Å²) in [5.74, 6) is 0.163. The summed E-state index contributed by atoms with van der Waals surface area (Å²) in [6.45, 7) is -0.320. The van der Waals surface area contributed by atoms with Gasteiger partial charge in [0.2, 0.25) is 0 Å². The van der Waals surface area contributed by atoms with Crippen molar-refractivity contribution < 1.29 is 23.4 Å². The second-order valence-electron chi connectivity index (χ2n) is 3.89. The second-order valence-corrected chi connectivity index (χ2v) is 3.89. The first-order chi connectivity index (χ1) is 9.22. The fourth-order valence-corrected chi connectivity index (χ4v) is 1.49. The summed E-state index contributed by atoms with van der Waals surface area (Å²) >= 11 is 0. The van der Waals surface area contributed by atoms with Gasteiger partial charge in [-0.3, -0.25) is 0 Å². The van der Waals surface area contributed by atoms with E-state index in [1.807, 2.05) is 0 Å². The summed E-state index contributed by atoms with van der Waals surface area (Å²) in [4.78, 5) is 0. The highest BCUT2D eigenvalue weighted by atomic mass is 19.3. The number of nitrogens with one attached hydrogen (secondary N) is 1. The van der Waals surface area contributed by atoms with E-state index in [-0.39, 0.29) is 12.4 Å². The van der Waals surface area contributed by atoms with Crippen LogP contribution in [0.15, 0.2) is 24.3 Å². The Labute approximate surface area is 111 Å². The minimum absolute atomic E-state index is 0.0421. The summed E-state index contributed by atoms with van der Waals surface area (Å²) < 4.78 is 33.2. The number of rotatable bonds is 10. The van der Waals surface area contributed by atoms with Gasteiger partial charge in [0.15, 0.2) is 0 Å². The lowest BCUT2D eigenvalue weighted by Gasteiger charge is -2.07. The monoisotopic (exact) mass is 275 g/mol. The molecule has 0 fully saturated rings. The first kappa shape index (κ1) is 15.8. The average molecular weight is 275 g/mol. The first-order valence-corrected chi connectivity index (χ1v) is 6.15. The number of halogens is 2. The molecule has 0 aliphatic heterocycles. The Bertz CT molecular complexity index is 333. The van der Waals surface area contributed by atoms with Crippen molar-refractivity contribution in [3.05, 3.63) is 29.8 Å². The van der Waals surface area contributed by atoms with Gasteiger partial charge < -0.3 is 19.9 Å². The summed E-state index contributed by atoms with van der Waals surface area (Å²) in [5, 5.41) is 11.7. The van der Waals surface area contributed by atoms with Crippen molar-refractivity contribution >= 4 is 0 Å². The Kier molecular flexibility index (Phi) is 8.04. The molecule has 1 aromatic rings. The molecule has 0 atom stereocenters. The summed E-state index contributed by atoms with van der Waals surface area (Å²) in [5.41, 5.74) is 0.998. The number of hydrogen-bond donors (Lipinski definition) is 2. The van der Waals surface area contributed by atoms with Gasteiger partial charge in [0.1, 0.15) is 5.75 Å². The van der Waals surface area contributed by atoms with E-state index in [1.54, 1.807) is 12.1 Å². The minimum atomic E-state index is -2.79. The van der Waals surface area contributed by atoms with Gasteiger partial charge in [-0.2, -0.15) is 8.78 Å². The third kappa shape index (κ3) is 7.71. The largest absolute Gasteiger partial charge is 0.435 e. The lowest BCUT2D eigenvalue weighted by Crippen LogP contribution is -2.16. The first-order valence-electron chi connectivity index (χ1n) is 6.15. The zero-order valence-electron chi connectivity index (χ0n) is 10.6. The van der Waals surface area contributed by atoms with E-state index in [1.165, 1.54) is 12.1 Å². The molecule has 2 N–H and O–H groups in total. The Morgan fingerprint density at radius 2 is 1.89 bits per heavy atom. The molecular weight excluding hydrogens is 256 g/mol. The van der Waals surface area contributed by atoms with Gasteiger partial charge in [0, 0.05) is 13.2 Å². The average Bonchev–Trinajstić information content (AvgIpc) is 2.39. The molecule has 0 unspecified atom stereocenters. The van der Waals surface area contributed by atoms with Crippen molar-refractivity contribution in [3.63, 3.8) is 0 Å². The molecule has 19 heavy (non-hydrogen) atoms. The predicted octanol–water partition coefficient (Wildman–Crippen LogP) is 1.78. The van der Waals surface area contributed by atoms with Gasteiger partial charge in [0.25, 0.3) is 0 Å². The minimum Gasteiger partial charge on any atom is -0.435 e. The molecule has 0 aromatic heterocycles. The Balaban J connectivity index is 2.12. The molecule has 0 amide bonds. The van der Waals surface area contributed by atoms with E-state index in [4.69, 9.17) is 9.84 Å². The van der Waals surface area contributed by atoms with Gasteiger partial charge in [-0.05, 0) is 30.7 Å². The maximum atomic E-state index is 11.9. The van der Waals surface area contributed by atoms with Crippen molar-refractivity contribution in [1.82, 2.24) is 5.32 Å². The lowest BCUT2D eigenvalue weighted by molar-refractivity contribution is -0.0498. The van der Waals surface area contributed by atoms with Crippen LogP contribution in [0.2, 0.25) is 0 Å². The predicted molar refractivity (Wildman–Crippen MR) is 67.3 cm³/mol. The maximum absolute atomic E-state index is 11.9. The molecule has 0 bridgehead atoms. The zero-order chi connectivity index (χ0) is 13.9. The maximum Gasteiger partial charge on any atom is 0.387 e. The molecule has 1 rings (SSSR count). The van der Waals surface area contributed by atoms with E-state index in [2.05, 4.69) is 10.1 Å². The molecule has 0 aliphatic rings. The second kappa shape index (κ2) is 9.66. The number of aliphatic hydroxyl groups is 1. The van der Waals surface area contributed by atoms with Crippen molar-refractivity contribution in [3.8, 4) is 5.75 Å². The SMILES string of the molecule is OCCOCCCNCc1ccc(OC(F)F)cc1. The van der Waals surface area contributed by atoms with E-state index in [9.17, 15) is 8.78 Å². The topological polar surface area (TPSA) is 50.7 Å². The fraction of sp³-hybridized carbons (Fsp3) is 0.538. The summed E-state index contributed by atoms with van der Waals surface area (Å²) in [7, 11) is 0. The van der Waals surface area contributed by atoms with E-state index >= 15 is 0 Å². The van der Waals surface area contributed by atoms with Gasteiger partial charge in [0.05, 0.1) is 13.2 Å². The molecule has 0 spiro atoms. The molecule has 1 aromatic carbocycles. The molecule has 0 saturated heterocycles. The molecule has 0 aliphatic carbocycles. The standard InChI is InChI=1S/C13H19F2NO3/c14-13(15)19-12-4-2-11(3-5-12)10-16-6-1-8-18-9-7-17/h2-5,13,16-17H,1,6-10H2. The fourth-order valence-electron chi connectivity index (χ4n) is 1.49. The molecule has 108 valence electrons. The lowest BCUT2D eigenvalue weighted by atomic mass is 10.2. The highest BCUT2D eigenvalue weighted by Crippen LogP contribution is 2.14. The molecule has 4 nitrogen and oxygen atoms in total. The van der Waals surface area contributed by atoms with E-state index in [0.29, 0.717) is 19.8 Å². The molecular formula is C13H19F2NO3. The number of hydrogen-bond acceptors (Lipinski definition) is 4. The van der Waals surface area contributed by atoms with Crippen LogP contribution in [0.3, 0.4) is 0 Å². The van der Waals surface area contributed by atoms with Crippen LogP contribution in [-0.4, -0.2) is 38.1 Å². The highest BCUT2D eigenvalue weighted by Gasteiger charge is 2.03. The van der Waals surface area contributed by atoms with Crippen molar-refractivity contribution in [2.24, 2.45) is 0 Å². The van der Waals surface area contributed by atoms with Crippen LogP contribution in [0, 0.1) is 0 Å². The normalized spacial score (nSPS) is 10.9. The van der Waals surface area contributed by atoms with E-state index in [0.717, 1.165) is 18.5 Å². The van der Waals surface area contributed by atoms with Crippen LogP contribution in [0.25, 0.3) is 0 Å². The van der Waals surface area contributed by atoms with Crippen molar-refractivity contribution in [2.75, 3.05) is 26.4 Å². The van der Waals surface area contributed by atoms with Crippen molar-refractivity contribution in [2.45, 2.75) is 19.6 Å². The smallest absolute Gasteiger partial charge is 0.387 e. The van der Waals surface area contributed by atoms with E-state index < -0.39 is 6.61 Å². The molecule has 0 heterocycles. The third-order valence-corrected chi connectivity index (χ3v) is 2.36. The number of alkyl halides is 2. The van der Waals surface area contributed by atoms with Crippen LogP contribution < -0.4 is 10.1 Å². The third-order valence-electron chi connectivity index (χ3n) is 2.36. The van der Waals surface area contributed by atoms with Gasteiger partial charge >= 0.3 is 6.61 Å². The van der Waals surface area contributed by atoms with Gasteiger partial charge in [-0.15, -0.1) is 0 Å². The number of ether oxygens (including phenoxy) is 2. The van der Waals surface area contributed by atoms with Gasteiger partial charge in [-0.25, -0.2) is 0 Å². The quantitative estimate of drug-likeness (QED) is 0.639. The Morgan fingerprint density at radius 3 is 2.53 bits per heavy atom. The van der Waals surface area contributed by atoms with Crippen LogP contribution in [0.1, 0.15) is 12.0 Å². The highest BCUT2D eigenvalue weighted by molar-refractivity contribution is 5.27. The number of aliphatic hydroxyl groups excluding tert-OH is 1. The van der Waals surface area contributed by atoms with Crippen LogP contribution >= 0.6 is 0 Å². The van der Waals surface area contributed by atoms with Crippen molar-refractivity contribution in [1.29, 1.82) is 0 Å². The van der Waals surface area contributed by atoms with Crippen LogP contribution in [0.5, 0.6) is 5.75 Å². The summed E-state index contributed by atoms with van der Waals surface area (Å²) in [6.07, 6.45) is 0.854. The van der Waals surface area contributed by atoms with Gasteiger partial charge in [-0.1, -0.05) is 12.1 Å².